The van der Waals surface area contributed by atoms with Gasteiger partial charge in [-0.15, -0.1) is 0 Å². The predicted octanol–water partition coefficient (Wildman–Crippen LogP) is 1.01. The van der Waals surface area contributed by atoms with Crippen molar-refractivity contribution < 1.29 is 9.59 Å². The van der Waals surface area contributed by atoms with E-state index in [1.807, 2.05) is 13.0 Å². The first-order valence-corrected chi connectivity index (χ1v) is 7.22. The van der Waals surface area contributed by atoms with Crippen LogP contribution in [0.15, 0.2) is 0 Å². The summed E-state index contributed by atoms with van der Waals surface area (Å²) in [7, 11) is 1.69. The molecule has 0 unspecified atom stereocenters. The highest BCUT2D eigenvalue weighted by molar-refractivity contribution is 7.99. The van der Waals surface area contributed by atoms with Crippen molar-refractivity contribution in [2.75, 3.05) is 31.6 Å². The Balaban J connectivity index is 3.56. The number of amides is 2. The molecule has 0 rings (SSSR count). The average Bonchev–Trinajstić information content (AvgIpc) is 2.38. The SMILES string of the molecule is CCCNC(=O)CSCCC(=O)N(C)CCC#N. The summed E-state index contributed by atoms with van der Waals surface area (Å²) >= 11 is 1.46. The Kier molecular flexibility index (Phi) is 10.2. The Morgan fingerprint density at radius 1 is 1.44 bits per heavy atom. The average molecular weight is 271 g/mol. The molecule has 102 valence electrons. The molecule has 2 amide bonds. The van der Waals surface area contributed by atoms with Gasteiger partial charge in [-0.05, 0) is 6.42 Å². The quantitative estimate of drug-likeness (QED) is 0.635. The number of carbonyl (C=O) groups is 2. The lowest BCUT2D eigenvalue weighted by molar-refractivity contribution is -0.129. The van der Waals surface area contributed by atoms with Gasteiger partial charge >= 0.3 is 0 Å². The third kappa shape index (κ3) is 8.88. The Bertz CT molecular complexity index is 302. The maximum absolute atomic E-state index is 11.6. The van der Waals surface area contributed by atoms with E-state index in [4.69, 9.17) is 5.26 Å². The highest BCUT2D eigenvalue weighted by atomic mass is 32.2. The second-order valence-electron chi connectivity index (χ2n) is 3.88. The number of nitrogens with one attached hydrogen (secondary N) is 1. The van der Waals surface area contributed by atoms with Gasteiger partial charge in [0.15, 0.2) is 0 Å². The lowest BCUT2D eigenvalue weighted by Gasteiger charge is -2.14. The molecule has 1 N–H and O–H groups in total. The molecular formula is C12H21N3O2S. The molecule has 0 aromatic rings. The van der Waals surface area contributed by atoms with Crippen LogP contribution in [0, 0.1) is 11.3 Å². The molecule has 0 aliphatic heterocycles. The Morgan fingerprint density at radius 3 is 2.78 bits per heavy atom. The number of thioether (sulfide) groups is 1. The van der Waals surface area contributed by atoms with Crippen LogP contribution < -0.4 is 5.32 Å². The first-order chi connectivity index (χ1) is 8.61. The van der Waals surface area contributed by atoms with Gasteiger partial charge in [0, 0.05) is 32.3 Å². The molecule has 0 bridgehead atoms. The number of hydrogen-bond donors (Lipinski definition) is 1. The topological polar surface area (TPSA) is 73.2 Å². The van der Waals surface area contributed by atoms with E-state index in [2.05, 4.69) is 5.32 Å². The lowest BCUT2D eigenvalue weighted by Crippen LogP contribution is -2.28. The number of nitriles is 1. The molecule has 0 aliphatic rings. The van der Waals surface area contributed by atoms with E-state index in [1.54, 1.807) is 11.9 Å². The fourth-order valence-electron chi connectivity index (χ4n) is 1.17. The van der Waals surface area contributed by atoms with Crippen molar-refractivity contribution in [3.8, 4) is 6.07 Å². The highest BCUT2D eigenvalue weighted by Gasteiger charge is 2.08. The second-order valence-corrected chi connectivity index (χ2v) is 4.98. The Labute approximate surface area is 113 Å². The molecule has 0 fully saturated rings. The standard InChI is InChI=1S/C12H21N3O2S/c1-3-7-14-11(16)10-18-9-5-12(17)15(2)8-4-6-13/h3-5,7-10H2,1-2H3,(H,14,16). The van der Waals surface area contributed by atoms with Gasteiger partial charge in [0.1, 0.15) is 0 Å². The summed E-state index contributed by atoms with van der Waals surface area (Å²) in [5.74, 6) is 1.07. The van der Waals surface area contributed by atoms with Crippen molar-refractivity contribution in [2.24, 2.45) is 0 Å². The molecule has 0 atom stereocenters. The fourth-order valence-corrected chi connectivity index (χ4v) is 1.92. The summed E-state index contributed by atoms with van der Waals surface area (Å²) in [6.45, 7) is 3.18. The van der Waals surface area contributed by atoms with Gasteiger partial charge in [-0.3, -0.25) is 9.59 Å². The largest absolute Gasteiger partial charge is 0.355 e. The molecule has 5 nitrogen and oxygen atoms in total. The van der Waals surface area contributed by atoms with Crippen molar-refractivity contribution in [1.82, 2.24) is 10.2 Å². The van der Waals surface area contributed by atoms with Gasteiger partial charge in [0.2, 0.25) is 11.8 Å². The maximum Gasteiger partial charge on any atom is 0.229 e. The predicted molar refractivity (Wildman–Crippen MR) is 73.1 cm³/mol. The molecular weight excluding hydrogens is 250 g/mol. The number of hydrogen-bond acceptors (Lipinski definition) is 4. The molecule has 0 aromatic carbocycles. The van der Waals surface area contributed by atoms with Crippen molar-refractivity contribution in [2.45, 2.75) is 26.2 Å². The number of nitrogens with zero attached hydrogens (tertiary/aromatic N) is 2. The van der Waals surface area contributed by atoms with Gasteiger partial charge in [-0.1, -0.05) is 6.92 Å². The van der Waals surface area contributed by atoms with E-state index >= 15 is 0 Å². The van der Waals surface area contributed by atoms with Gasteiger partial charge in [0.05, 0.1) is 18.2 Å². The van der Waals surface area contributed by atoms with Crippen molar-refractivity contribution >= 4 is 23.6 Å². The summed E-state index contributed by atoms with van der Waals surface area (Å²) in [5, 5.41) is 11.2. The third-order valence-electron chi connectivity index (χ3n) is 2.25. The molecule has 18 heavy (non-hydrogen) atoms. The summed E-state index contributed by atoms with van der Waals surface area (Å²) in [5.41, 5.74) is 0. The van der Waals surface area contributed by atoms with Crippen molar-refractivity contribution in [3.05, 3.63) is 0 Å². The molecule has 0 aromatic heterocycles. The van der Waals surface area contributed by atoms with E-state index in [0.29, 0.717) is 37.4 Å². The van der Waals surface area contributed by atoms with Crippen molar-refractivity contribution in [1.29, 1.82) is 5.26 Å². The molecule has 0 aliphatic carbocycles. The summed E-state index contributed by atoms with van der Waals surface area (Å²) in [6.07, 6.45) is 1.70. The normalized spacial score (nSPS) is 9.61. The van der Waals surface area contributed by atoms with Crippen LogP contribution in [0.2, 0.25) is 0 Å². The smallest absolute Gasteiger partial charge is 0.229 e. The van der Waals surface area contributed by atoms with Crippen LogP contribution in [0.25, 0.3) is 0 Å². The van der Waals surface area contributed by atoms with E-state index in [9.17, 15) is 9.59 Å². The van der Waals surface area contributed by atoms with Crippen LogP contribution in [0.4, 0.5) is 0 Å². The zero-order valence-electron chi connectivity index (χ0n) is 11.1. The minimum Gasteiger partial charge on any atom is -0.355 e. The minimum absolute atomic E-state index is 0.0201. The van der Waals surface area contributed by atoms with Crippen LogP contribution >= 0.6 is 11.8 Å². The molecule has 0 saturated carbocycles. The summed E-state index contributed by atoms with van der Waals surface area (Å²) in [4.78, 5) is 24.4. The monoisotopic (exact) mass is 271 g/mol. The van der Waals surface area contributed by atoms with Crippen molar-refractivity contribution in [3.63, 3.8) is 0 Å². The Morgan fingerprint density at radius 2 is 2.17 bits per heavy atom. The van der Waals surface area contributed by atoms with E-state index in [1.165, 1.54) is 11.8 Å². The van der Waals surface area contributed by atoms with Crippen LogP contribution in [-0.4, -0.2) is 48.4 Å². The van der Waals surface area contributed by atoms with Crippen LogP contribution in [0.3, 0.4) is 0 Å². The molecule has 0 radical (unpaired) electrons. The lowest BCUT2D eigenvalue weighted by atomic mass is 10.3. The first kappa shape index (κ1) is 16.8. The van der Waals surface area contributed by atoms with Crippen LogP contribution in [-0.2, 0) is 9.59 Å². The van der Waals surface area contributed by atoms with Gasteiger partial charge in [-0.25, -0.2) is 0 Å². The van der Waals surface area contributed by atoms with E-state index < -0.39 is 0 Å². The zero-order chi connectivity index (χ0) is 13.8. The minimum atomic E-state index is 0.0201. The number of rotatable bonds is 9. The Hall–Kier alpha value is -1.22. The second kappa shape index (κ2) is 10.9. The van der Waals surface area contributed by atoms with Gasteiger partial charge in [-0.2, -0.15) is 17.0 Å². The molecule has 0 spiro atoms. The summed E-state index contributed by atoms with van der Waals surface area (Å²) < 4.78 is 0. The number of carbonyl (C=O) groups excluding carboxylic acids is 2. The zero-order valence-corrected chi connectivity index (χ0v) is 11.9. The van der Waals surface area contributed by atoms with Gasteiger partial charge < -0.3 is 10.2 Å². The molecule has 0 heterocycles. The fraction of sp³-hybridized carbons (Fsp3) is 0.750. The van der Waals surface area contributed by atoms with Crippen LogP contribution in [0.5, 0.6) is 0 Å². The third-order valence-corrected chi connectivity index (χ3v) is 3.21. The maximum atomic E-state index is 11.6. The van der Waals surface area contributed by atoms with E-state index in [0.717, 1.165) is 6.42 Å². The first-order valence-electron chi connectivity index (χ1n) is 6.07. The van der Waals surface area contributed by atoms with Gasteiger partial charge in [0.25, 0.3) is 0 Å². The highest BCUT2D eigenvalue weighted by Crippen LogP contribution is 2.04. The molecule has 6 heteroatoms. The molecule has 0 saturated heterocycles. The van der Waals surface area contributed by atoms with Crippen LogP contribution in [0.1, 0.15) is 26.2 Å². The van der Waals surface area contributed by atoms with E-state index in [-0.39, 0.29) is 11.8 Å². The summed E-state index contributed by atoms with van der Waals surface area (Å²) in [6, 6.07) is 2.00.